The van der Waals surface area contributed by atoms with E-state index in [0.29, 0.717) is 41.1 Å². The first-order chi connectivity index (χ1) is 25.5. The fraction of sp³-hybridized carbons (Fsp3) is 0.513. The zero-order valence-corrected chi connectivity index (χ0v) is 29.8. The van der Waals surface area contributed by atoms with Crippen molar-refractivity contribution in [3.05, 3.63) is 82.3 Å². The number of aliphatic hydroxyl groups excluding tert-OH is 4. The highest BCUT2D eigenvalue weighted by molar-refractivity contribution is 6.12. The molecule has 1 unspecified atom stereocenters. The van der Waals surface area contributed by atoms with Crippen molar-refractivity contribution < 1.29 is 44.5 Å². The van der Waals surface area contributed by atoms with E-state index in [2.05, 4.69) is 9.98 Å². The van der Waals surface area contributed by atoms with Crippen LogP contribution in [-0.2, 0) is 16.2 Å². The molecule has 282 valence electrons. The molecule has 0 amide bonds. The Morgan fingerprint density at radius 1 is 1.11 bits per heavy atom. The van der Waals surface area contributed by atoms with E-state index in [1.807, 2.05) is 24.1 Å². The number of β-amino-alcohol motifs (C(OH)–C–C–N with tert-alkyl or cyclic N) is 1. The normalized spacial score (nSPS) is 27.6. The molecule has 53 heavy (non-hydrogen) atoms. The second kappa shape index (κ2) is 13.9. The quantitative estimate of drug-likeness (QED) is 0.159. The van der Waals surface area contributed by atoms with Crippen molar-refractivity contribution in [2.24, 2.45) is 15.9 Å². The molecule has 14 nitrogen and oxygen atoms in total. The summed E-state index contributed by atoms with van der Waals surface area (Å²) in [6.07, 6.45) is 11.7. The Kier molecular flexibility index (Phi) is 9.42. The lowest BCUT2D eigenvalue weighted by Gasteiger charge is -2.48. The number of rotatable bonds is 12. The van der Waals surface area contributed by atoms with Gasteiger partial charge in [0.2, 0.25) is 0 Å². The third-order valence-corrected chi connectivity index (χ3v) is 11.7. The van der Waals surface area contributed by atoms with Crippen LogP contribution in [0.2, 0.25) is 0 Å². The zero-order chi connectivity index (χ0) is 37.1. The average Bonchev–Trinajstić information content (AvgIpc) is 3.95. The third-order valence-electron chi connectivity index (χ3n) is 11.7. The van der Waals surface area contributed by atoms with Crippen LogP contribution in [0.4, 0.5) is 5.69 Å². The Hall–Kier alpha value is -4.15. The van der Waals surface area contributed by atoms with Crippen molar-refractivity contribution >= 4 is 28.1 Å². The topological polar surface area (TPSA) is 190 Å². The number of ether oxygens (including phenoxy) is 1. The predicted octanol–water partition coefficient (Wildman–Crippen LogP) is 2.34. The van der Waals surface area contributed by atoms with Gasteiger partial charge in [-0.2, -0.15) is 0 Å². The molecule has 1 aromatic heterocycles. The van der Waals surface area contributed by atoms with Crippen LogP contribution in [-0.4, -0.2) is 110 Å². The van der Waals surface area contributed by atoms with E-state index in [0.717, 1.165) is 54.7 Å². The van der Waals surface area contributed by atoms with Crippen molar-refractivity contribution in [1.29, 1.82) is 0 Å². The van der Waals surface area contributed by atoms with Gasteiger partial charge in [0.15, 0.2) is 16.8 Å². The molecule has 1 aliphatic carbocycles. The molecular weight excluding hydrogens is 684 g/mol. The van der Waals surface area contributed by atoms with Crippen LogP contribution in [0, 0.1) is 12.8 Å². The molecule has 14 heteroatoms. The zero-order valence-electron chi connectivity index (χ0n) is 29.8. The second-order valence-electron chi connectivity index (χ2n) is 15.1. The van der Waals surface area contributed by atoms with Crippen molar-refractivity contribution in [1.82, 2.24) is 4.90 Å². The van der Waals surface area contributed by atoms with Gasteiger partial charge in [0.1, 0.15) is 53.7 Å². The Balaban J connectivity index is 1.10. The van der Waals surface area contributed by atoms with E-state index < -0.39 is 48.8 Å². The summed E-state index contributed by atoms with van der Waals surface area (Å²) in [5, 5.41) is 54.7. The molecule has 5 aliphatic heterocycles. The van der Waals surface area contributed by atoms with Gasteiger partial charge in [-0.1, -0.05) is 19.3 Å². The molecular formula is C39H46N4O10. The fourth-order valence-electron chi connectivity index (χ4n) is 8.61. The lowest BCUT2D eigenvalue weighted by molar-refractivity contribution is -0.368. The summed E-state index contributed by atoms with van der Waals surface area (Å²) in [5.41, 5.74) is 0.975. The molecule has 1 aromatic carbocycles. The molecule has 5 N–H and O–H groups in total. The van der Waals surface area contributed by atoms with Gasteiger partial charge in [0, 0.05) is 54.3 Å². The molecule has 0 radical (unpaired) electrons. The molecule has 0 saturated heterocycles. The number of anilines is 1. The van der Waals surface area contributed by atoms with Crippen molar-refractivity contribution in [3.63, 3.8) is 0 Å². The molecule has 2 aromatic rings. The molecule has 0 bridgehead atoms. The number of hydrogen-bond donors (Lipinski definition) is 5. The standard InChI is InChI=1S/C39H46N4O10/c1-22-14-30(45)26-15-24-16-33(53-50-20-32(47)39(49,37(48)31(46)19-44)21-42-13-10-27-29(42)9-12-40-27)38(2,25-6-4-3-5-7-25)52-35(24)34(36(26)51-22)43-17-23-8-11-41-28(23)18-43/h8-15,17,25,29,31-33,37,44,46-49H,3-7,16,18-21H2,1-2H3/t29?,31-,32+,33-,37-,38-,39-/m1/s1. The molecule has 8 rings (SSSR count). The van der Waals surface area contributed by atoms with E-state index >= 15 is 0 Å². The maximum atomic E-state index is 13.4. The highest BCUT2D eigenvalue weighted by Crippen LogP contribution is 2.50. The SMILES string of the molecule is Cc1cc(=O)c2cc3c(c(N4C=C5C=CN=C5C4)c2o1)O[C@](C)(C1CCCCC1)[C@H](OOC[C@H](O)[C@](O)(CN1C=CC2=NC=CC21)[C@H](O)[C@H](O)CO)C3. The highest BCUT2D eigenvalue weighted by atomic mass is 17.2. The summed E-state index contributed by atoms with van der Waals surface area (Å²) in [6, 6.07) is 2.94. The summed E-state index contributed by atoms with van der Waals surface area (Å²) in [4.78, 5) is 37.8. The number of nitrogens with zero attached hydrogens (tertiary/aromatic N) is 4. The highest BCUT2D eigenvalue weighted by Gasteiger charge is 2.52. The van der Waals surface area contributed by atoms with E-state index in [-0.39, 0.29) is 23.9 Å². The molecule has 7 atom stereocenters. The van der Waals surface area contributed by atoms with Crippen LogP contribution in [0.15, 0.2) is 79.9 Å². The summed E-state index contributed by atoms with van der Waals surface area (Å²) >= 11 is 0. The first kappa shape index (κ1) is 35.9. The largest absolute Gasteiger partial charge is 0.482 e. The van der Waals surface area contributed by atoms with Crippen molar-refractivity contribution in [3.8, 4) is 5.75 Å². The first-order valence-electron chi connectivity index (χ1n) is 18.4. The van der Waals surface area contributed by atoms with Gasteiger partial charge in [0.05, 0.1) is 42.5 Å². The van der Waals surface area contributed by atoms with Crippen LogP contribution in [0.3, 0.4) is 0 Å². The number of allylic oxidation sites excluding steroid dienone is 1. The van der Waals surface area contributed by atoms with Crippen LogP contribution >= 0.6 is 0 Å². The number of aliphatic hydroxyl groups is 5. The first-order valence-corrected chi connectivity index (χ1v) is 18.4. The van der Waals surface area contributed by atoms with Gasteiger partial charge in [-0.3, -0.25) is 14.8 Å². The number of hydrogen-bond acceptors (Lipinski definition) is 14. The Morgan fingerprint density at radius 2 is 1.92 bits per heavy atom. The maximum absolute atomic E-state index is 13.4. The Labute approximate surface area is 306 Å². The van der Waals surface area contributed by atoms with Gasteiger partial charge in [-0.25, -0.2) is 9.78 Å². The number of benzene rings is 1. The van der Waals surface area contributed by atoms with Crippen LogP contribution in [0.1, 0.15) is 50.4 Å². The van der Waals surface area contributed by atoms with Crippen molar-refractivity contribution in [2.75, 3.05) is 31.2 Å². The van der Waals surface area contributed by atoms with Gasteiger partial charge < -0.3 is 44.5 Å². The number of aliphatic imine (C=N–C) groups is 2. The number of fused-ring (bicyclic) bond motifs is 4. The van der Waals surface area contributed by atoms with Crippen LogP contribution in [0.25, 0.3) is 11.0 Å². The second-order valence-corrected chi connectivity index (χ2v) is 15.1. The average molecular weight is 731 g/mol. The van der Waals surface area contributed by atoms with Gasteiger partial charge in [0.25, 0.3) is 0 Å². The molecule has 0 spiro atoms. The lowest BCUT2D eigenvalue weighted by Crippen LogP contribution is -2.64. The maximum Gasteiger partial charge on any atom is 0.193 e. The van der Waals surface area contributed by atoms with Gasteiger partial charge in [-0.15, -0.1) is 0 Å². The number of aryl methyl sites for hydroxylation is 1. The Morgan fingerprint density at radius 3 is 2.70 bits per heavy atom. The predicted molar refractivity (Wildman–Crippen MR) is 196 cm³/mol. The summed E-state index contributed by atoms with van der Waals surface area (Å²) < 4.78 is 13.4. The molecule has 1 saturated carbocycles. The minimum absolute atomic E-state index is 0.0790. The van der Waals surface area contributed by atoms with Crippen LogP contribution < -0.4 is 15.1 Å². The summed E-state index contributed by atoms with van der Waals surface area (Å²) in [7, 11) is 0. The van der Waals surface area contributed by atoms with Gasteiger partial charge >= 0.3 is 0 Å². The van der Waals surface area contributed by atoms with Crippen LogP contribution in [0.5, 0.6) is 5.75 Å². The Bertz CT molecular complexity index is 2010. The van der Waals surface area contributed by atoms with E-state index in [4.69, 9.17) is 18.9 Å². The lowest BCUT2D eigenvalue weighted by atomic mass is 9.72. The minimum atomic E-state index is -2.36. The monoisotopic (exact) mass is 730 g/mol. The summed E-state index contributed by atoms with van der Waals surface area (Å²) in [5.74, 6) is 1.16. The molecule has 1 fully saturated rings. The molecule has 6 aliphatic rings. The van der Waals surface area contributed by atoms with Crippen molar-refractivity contribution in [2.45, 2.75) is 94.0 Å². The smallest absolute Gasteiger partial charge is 0.193 e. The minimum Gasteiger partial charge on any atom is -0.482 e. The van der Waals surface area contributed by atoms with Gasteiger partial charge in [-0.05, 0) is 51.0 Å². The fourth-order valence-corrected chi connectivity index (χ4v) is 8.61. The van der Waals surface area contributed by atoms with E-state index in [9.17, 15) is 30.3 Å². The summed E-state index contributed by atoms with van der Waals surface area (Å²) in [6.45, 7) is 2.50. The molecule has 6 heterocycles. The van der Waals surface area contributed by atoms with E-state index in [1.54, 1.807) is 48.6 Å². The van der Waals surface area contributed by atoms with E-state index in [1.165, 1.54) is 6.07 Å². The third kappa shape index (κ3) is 6.25.